The second-order valence-electron chi connectivity index (χ2n) is 4.02. The van der Waals surface area contributed by atoms with Crippen molar-refractivity contribution in [3.8, 4) is 6.07 Å². The molecule has 0 bridgehead atoms. The van der Waals surface area contributed by atoms with E-state index in [1.165, 1.54) is 0 Å². The van der Waals surface area contributed by atoms with Crippen LogP contribution in [0.15, 0.2) is 0 Å². The van der Waals surface area contributed by atoms with E-state index in [0.29, 0.717) is 26.0 Å². The molecule has 1 saturated carbocycles. The summed E-state index contributed by atoms with van der Waals surface area (Å²) in [6, 6.07) is 2.12. The number of hydrogen-bond donors (Lipinski definition) is 1. The lowest BCUT2D eigenvalue weighted by Gasteiger charge is -2.33. The van der Waals surface area contributed by atoms with Crippen LogP contribution in [0.4, 0.5) is 0 Å². The summed E-state index contributed by atoms with van der Waals surface area (Å²) >= 11 is 0. The Morgan fingerprint density at radius 3 is 2.73 bits per heavy atom. The summed E-state index contributed by atoms with van der Waals surface area (Å²) in [5.74, 6) is -0.136. The van der Waals surface area contributed by atoms with Crippen LogP contribution in [0.1, 0.15) is 33.1 Å². The molecule has 0 aromatic heterocycles. The van der Waals surface area contributed by atoms with E-state index >= 15 is 0 Å². The Bertz CT molecular complexity index is 266. The molecule has 1 atom stereocenters. The molecule has 1 N–H and O–H groups in total. The fourth-order valence-electron chi connectivity index (χ4n) is 1.67. The van der Waals surface area contributed by atoms with Gasteiger partial charge in [0, 0.05) is 13.2 Å². The first-order chi connectivity index (χ1) is 7.14. The van der Waals surface area contributed by atoms with Gasteiger partial charge in [-0.1, -0.05) is 0 Å². The first-order valence-electron chi connectivity index (χ1n) is 5.46. The molecule has 0 spiro atoms. The van der Waals surface area contributed by atoms with E-state index in [1.807, 2.05) is 13.8 Å². The van der Waals surface area contributed by atoms with Gasteiger partial charge in [0.15, 0.2) is 0 Å². The zero-order valence-corrected chi connectivity index (χ0v) is 9.38. The second-order valence-corrected chi connectivity index (χ2v) is 4.02. The van der Waals surface area contributed by atoms with Gasteiger partial charge in [0.05, 0.1) is 12.2 Å². The summed E-state index contributed by atoms with van der Waals surface area (Å²) in [5.41, 5.74) is -0.744. The summed E-state index contributed by atoms with van der Waals surface area (Å²) in [5, 5.41) is 11.7. The SMILES string of the molecule is CCOC(C)CNC(=O)C1(C#N)CCC1. The third-order valence-corrected chi connectivity index (χ3v) is 2.86. The number of ether oxygens (including phenoxy) is 1. The molecule has 1 fully saturated rings. The van der Waals surface area contributed by atoms with E-state index in [4.69, 9.17) is 10.00 Å². The number of nitrogens with zero attached hydrogens (tertiary/aromatic N) is 1. The Hall–Kier alpha value is -1.08. The van der Waals surface area contributed by atoms with E-state index in [-0.39, 0.29) is 12.0 Å². The third kappa shape index (κ3) is 2.69. The zero-order valence-electron chi connectivity index (χ0n) is 9.38. The van der Waals surface area contributed by atoms with Gasteiger partial charge < -0.3 is 10.1 Å². The van der Waals surface area contributed by atoms with Crippen molar-refractivity contribution >= 4 is 5.91 Å². The van der Waals surface area contributed by atoms with Crippen molar-refractivity contribution in [1.82, 2.24) is 5.32 Å². The molecule has 1 aliphatic carbocycles. The topological polar surface area (TPSA) is 62.1 Å². The van der Waals surface area contributed by atoms with Gasteiger partial charge in [-0.2, -0.15) is 5.26 Å². The van der Waals surface area contributed by atoms with Gasteiger partial charge >= 0.3 is 0 Å². The number of carbonyl (C=O) groups excluding carboxylic acids is 1. The van der Waals surface area contributed by atoms with Crippen molar-refractivity contribution in [3.63, 3.8) is 0 Å². The molecular formula is C11H18N2O2. The molecule has 84 valence electrons. The van der Waals surface area contributed by atoms with Crippen LogP contribution in [0.5, 0.6) is 0 Å². The zero-order chi connectivity index (χ0) is 11.3. The number of hydrogen-bond acceptors (Lipinski definition) is 3. The Morgan fingerprint density at radius 2 is 2.33 bits per heavy atom. The lowest BCUT2D eigenvalue weighted by molar-refractivity contribution is -0.132. The van der Waals surface area contributed by atoms with Crippen molar-refractivity contribution in [1.29, 1.82) is 5.26 Å². The molecule has 4 nitrogen and oxygen atoms in total. The highest BCUT2D eigenvalue weighted by atomic mass is 16.5. The maximum Gasteiger partial charge on any atom is 0.240 e. The van der Waals surface area contributed by atoms with Crippen LogP contribution in [0.2, 0.25) is 0 Å². The quantitative estimate of drug-likeness (QED) is 0.742. The predicted molar refractivity (Wildman–Crippen MR) is 56.0 cm³/mol. The molecule has 1 amide bonds. The molecule has 0 aliphatic heterocycles. The average molecular weight is 210 g/mol. The van der Waals surface area contributed by atoms with Crippen LogP contribution in [-0.2, 0) is 9.53 Å². The Labute approximate surface area is 90.6 Å². The minimum atomic E-state index is -0.744. The lowest BCUT2D eigenvalue weighted by atomic mass is 9.69. The largest absolute Gasteiger partial charge is 0.377 e. The molecule has 0 aromatic rings. The Morgan fingerprint density at radius 1 is 1.67 bits per heavy atom. The first kappa shape index (κ1) is 12.0. The fourth-order valence-corrected chi connectivity index (χ4v) is 1.67. The van der Waals surface area contributed by atoms with Crippen LogP contribution in [0.3, 0.4) is 0 Å². The molecule has 1 aliphatic rings. The molecule has 0 saturated heterocycles. The number of rotatable bonds is 5. The van der Waals surface area contributed by atoms with Gasteiger partial charge in [-0.15, -0.1) is 0 Å². The van der Waals surface area contributed by atoms with Crippen LogP contribution in [-0.4, -0.2) is 25.2 Å². The number of amides is 1. The highest BCUT2D eigenvalue weighted by Gasteiger charge is 2.44. The van der Waals surface area contributed by atoms with Crippen molar-refractivity contribution < 1.29 is 9.53 Å². The molecule has 0 aromatic carbocycles. The van der Waals surface area contributed by atoms with E-state index in [9.17, 15) is 4.79 Å². The van der Waals surface area contributed by atoms with Crippen molar-refractivity contribution in [2.45, 2.75) is 39.2 Å². The maximum absolute atomic E-state index is 11.7. The summed E-state index contributed by atoms with van der Waals surface area (Å²) in [6.45, 7) is 4.95. The molecule has 4 heteroatoms. The Balaban J connectivity index is 2.33. The minimum absolute atomic E-state index is 0.00905. The fraction of sp³-hybridized carbons (Fsp3) is 0.818. The molecule has 0 radical (unpaired) electrons. The van der Waals surface area contributed by atoms with E-state index in [2.05, 4.69) is 11.4 Å². The third-order valence-electron chi connectivity index (χ3n) is 2.86. The normalized spacial score (nSPS) is 19.8. The highest BCUT2D eigenvalue weighted by molar-refractivity contribution is 5.86. The first-order valence-corrected chi connectivity index (χ1v) is 5.46. The molecule has 15 heavy (non-hydrogen) atoms. The minimum Gasteiger partial charge on any atom is -0.377 e. The monoisotopic (exact) mass is 210 g/mol. The number of carbonyl (C=O) groups is 1. The predicted octanol–water partition coefficient (Wildman–Crippen LogP) is 1.22. The van der Waals surface area contributed by atoms with Gasteiger partial charge in [0.2, 0.25) is 5.91 Å². The smallest absolute Gasteiger partial charge is 0.240 e. The van der Waals surface area contributed by atoms with Crippen LogP contribution in [0.25, 0.3) is 0 Å². The van der Waals surface area contributed by atoms with Crippen molar-refractivity contribution in [2.75, 3.05) is 13.2 Å². The highest BCUT2D eigenvalue weighted by Crippen LogP contribution is 2.40. The molecule has 0 heterocycles. The van der Waals surface area contributed by atoms with Crippen LogP contribution < -0.4 is 5.32 Å². The van der Waals surface area contributed by atoms with E-state index in [0.717, 1.165) is 6.42 Å². The number of nitrogens with one attached hydrogen (secondary N) is 1. The van der Waals surface area contributed by atoms with Gasteiger partial charge in [-0.25, -0.2) is 0 Å². The number of nitriles is 1. The van der Waals surface area contributed by atoms with E-state index in [1.54, 1.807) is 0 Å². The van der Waals surface area contributed by atoms with Crippen LogP contribution >= 0.6 is 0 Å². The summed E-state index contributed by atoms with van der Waals surface area (Å²) < 4.78 is 5.29. The van der Waals surface area contributed by atoms with Crippen molar-refractivity contribution in [2.24, 2.45) is 5.41 Å². The van der Waals surface area contributed by atoms with Crippen molar-refractivity contribution in [3.05, 3.63) is 0 Å². The molecule has 1 unspecified atom stereocenters. The maximum atomic E-state index is 11.7. The summed E-state index contributed by atoms with van der Waals surface area (Å²) in [6.07, 6.45) is 2.37. The van der Waals surface area contributed by atoms with Gasteiger partial charge in [-0.3, -0.25) is 4.79 Å². The second kappa shape index (κ2) is 5.13. The summed E-state index contributed by atoms with van der Waals surface area (Å²) in [7, 11) is 0. The Kier molecular flexibility index (Phi) is 4.10. The van der Waals surface area contributed by atoms with Gasteiger partial charge in [0.1, 0.15) is 5.41 Å². The molecule has 1 rings (SSSR count). The summed E-state index contributed by atoms with van der Waals surface area (Å²) in [4.78, 5) is 11.7. The van der Waals surface area contributed by atoms with E-state index < -0.39 is 5.41 Å². The average Bonchev–Trinajstić information content (AvgIpc) is 2.14. The molecular weight excluding hydrogens is 192 g/mol. The van der Waals surface area contributed by atoms with Crippen LogP contribution in [0, 0.1) is 16.7 Å². The van der Waals surface area contributed by atoms with Gasteiger partial charge in [0.25, 0.3) is 0 Å². The standard InChI is InChI=1S/C11H18N2O2/c1-3-15-9(2)7-13-10(14)11(8-12)5-4-6-11/h9H,3-7H2,1-2H3,(H,13,14). The lowest BCUT2D eigenvalue weighted by Crippen LogP contribution is -2.46. The van der Waals surface area contributed by atoms with Gasteiger partial charge in [-0.05, 0) is 33.1 Å².